The smallest absolute Gasteiger partial charge is 0.261 e. The molecular formula is C36H41N7O2. The van der Waals surface area contributed by atoms with E-state index in [1.165, 1.54) is 4.90 Å². The van der Waals surface area contributed by atoms with E-state index in [2.05, 4.69) is 48.7 Å². The zero-order valence-corrected chi connectivity index (χ0v) is 25.6. The minimum Gasteiger partial charge on any atom is -0.308 e. The van der Waals surface area contributed by atoms with Crippen LogP contribution in [-0.2, 0) is 19.6 Å². The van der Waals surface area contributed by atoms with E-state index in [0.717, 1.165) is 75.4 Å². The number of hydrogen-bond acceptors (Lipinski definition) is 8. The molecule has 9 heteroatoms. The van der Waals surface area contributed by atoms with E-state index in [1.54, 1.807) is 12.1 Å². The van der Waals surface area contributed by atoms with Gasteiger partial charge in [-0.25, -0.2) is 0 Å². The Hall–Kier alpha value is -4.31. The topological polar surface area (TPSA) is 103 Å². The fraction of sp³-hybridized carbons (Fsp3) is 0.361. The van der Waals surface area contributed by atoms with Gasteiger partial charge in [-0.15, -0.1) is 0 Å². The van der Waals surface area contributed by atoms with E-state index in [-0.39, 0.29) is 11.8 Å². The predicted octanol–water partition coefficient (Wildman–Crippen LogP) is 4.62. The lowest BCUT2D eigenvalue weighted by molar-refractivity contribution is 0.0645. The van der Waals surface area contributed by atoms with Gasteiger partial charge in [0.25, 0.3) is 11.8 Å². The summed E-state index contributed by atoms with van der Waals surface area (Å²) in [6, 6.07) is 26.2. The van der Waals surface area contributed by atoms with Crippen LogP contribution in [0.2, 0.25) is 0 Å². The number of carbonyl (C=O) groups is 2. The number of nitrogens with one attached hydrogen (secondary N) is 2. The molecule has 2 amide bonds. The van der Waals surface area contributed by atoms with Crippen molar-refractivity contribution in [2.75, 3.05) is 13.1 Å². The first kappa shape index (κ1) is 30.7. The Morgan fingerprint density at radius 2 is 1.16 bits per heavy atom. The Bertz CT molecular complexity index is 1450. The van der Waals surface area contributed by atoms with Crippen LogP contribution in [0.5, 0.6) is 0 Å². The number of imide groups is 1. The standard InChI is InChI=1S/C36H41N7O2/c44-35-33-14-1-2-15-34(33)36(45)43(35)20-10-9-19-42(26-29-13-5-8-18-39-29)32-22-30(40-24-27-11-3-6-16-37-27)21-31(23-32)41-25-28-12-4-7-17-38-28/h1-8,11-18,30-32,40-41H,9-10,19-26H2/t30-,31+,32?. The Kier molecular flexibility index (Phi) is 10.3. The summed E-state index contributed by atoms with van der Waals surface area (Å²) in [5.74, 6) is -0.367. The number of carbonyl (C=O) groups excluding carboxylic acids is 2. The van der Waals surface area contributed by atoms with Gasteiger partial charge in [0.15, 0.2) is 0 Å². The Morgan fingerprint density at radius 1 is 0.644 bits per heavy atom. The van der Waals surface area contributed by atoms with Crippen LogP contribution in [0.15, 0.2) is 97.5 Å². The molecule has 1 aliphatic carbocycles. The van der Waals surface area contributed by atoms with Gasteiger partial charge in [0.1, 0.15) is 0 Å². The maximum absolute atomic E-state index is 12.9. The monoisotopic (exact) mass is 603 g/mol. The highest BCUT2D eigenvalue weighted by Crippen LogP contribution is 2.27. The second kappa shape index (κ2) is 15.1. The second-order valence-corrected chi connectivity index (χ2v) is 12.0. The minimum absolute atomic E-state index is 0.183. The van der Waals surface area contributed by atoms with Crippen LogP contribution in [0.3, 0.4) is 0 Å². The van der Waals surface area contributed by atoms with Gasteiger partial charge in [-0.1, -0.05) is 30.3 Å². The van der Waals surface area contributed by atoms with Gasteiger partial charge in [0.2, 0.25) is 0 Å². The summed E-state index contributed by atoms with van der Waals surface area (Å²) in [6.45, 7) is 3.48. The molecule has 1 aromatic carbocycles. The fourth-order valence-corrected chi connectivity index (χ4v) is 6.54. The summed E-state index contributed by atoms with van der Waals surface area (Å²) in [6.07, 6.45) is 10.2. The van der Waals surface area contributed by atoms with Crippen LogP contribution in [-0.4, -0.2) is 67.8 Å². The van der Waals surface area contributed by atoms with E-state index in [1.807, 2.05) is 67.1 Å². The minimum atomic E-state index is -0.183. The lowest BCUT2D eigenvalue weighted by Gasteiger charge is -2.41. The van der Waals surface area contributed by atoms with Crippen molar-refractivity contribution in [2.45, 2.75) is 69.9 Å². The molecule has 4 aromatic rings. The third kappa shape index (κ3) is 8.05. The third-order valence-electron chi connectivity index (χ3n) is 8.84. The number of hydrogen-bond donors (Lipinski definition) is 2. The summed E-state index contributed by atoms with van der Waals surface area (Å²) in [5.41, 5.74) is 4.14. The molecule has 9 nitrogen and oxygen atoms in total. The highest BCUT2D eigenvalue weighted by Gasteiger charge is 2.35. The fourth-order valence-electron chi connectivity index (χ4n) is 6.54. The van der Waals surface area contributed by atoms with E-state index >= 15 is 0 Å². The molecule has 1 saturated carbocycles. The van der Waals surface area contributed by atoms with Crippen LogP contribution < -0.4 is 10.6 Å². The average molecular weight is 604 g/mol. The number of benzene rings is 1. The van der Waals surface area contributed by atoms with Gasteiger partial charge in [0.05, 0.1) is 28.2 Å². The van der Waals surface area contributed by atoms with Crippen LogP contribution in [0, 0.1) is 0 Å². The molecule has 2 aliphatic rings. The van der Waals surface area contributed by atoms with E-state index in [4.69, 9.17) is 0 Å². The third-order valence-corrected chi connectivity index (χ3v) is 8.84. The van der Waals surface area contributed by atoms with Crippen LogP contribution >= 0.6 is 0 Å². The van der Waals surface area contributed by atoms with Crippen LogP contribution in [0.25, 0.3) is 0 Å². The quantitative estimate of drug-likeness (QED) is 0.159. The molecule has 0 radical (unpaired) electrons. The van der Waals surface area contributed by atoms with E-state index in [0.29, 0.717) is 35.8 Å². The maximum atomic E-state index is 12.9. The van der Waals surface area contributed by atoms with Crippen molar-refractivity contribution in [1.82, 2.24) is 35.4 Å². The molecule has 2 N–H and O–H groups in total. The number of fused-ring (bicyclic) bond motifs is 1. The largest absolute Gasteiger partial charge is 0.308 e. The van der Waals surface area contributed by atoms with Gasteiger partial charge < -0.3 is 10.6 Å². The zero-order chi connectivity index (χ0) is 30.8. The number of pyridine rings is 3. The molecule has 4 heterocycles. The average Bonchev–Trinajstić information content (AvgIpc) is 3.34. The van der Waals surface area contributed by atoms with Crippen molar-refractivity contribution in [2.24, 2.45) is 0 Å². The van der Waals surface area contributed by atoms with E-state index in [9.17, 15) is 9.59 Å². The van der Waals surface area contributed by atoms with Crippen molar-refractivity contribution >= 4 is 11.8 Å². The highest BCUT2D eigenvalue weighted by atomic mass is 16.2. The predicted molar refractivity (Wildman–Crippen MR) is 173 cm³/mol. The Morgan fingerprint density at radius 3 is 1.67 bits per heavy atom. The van der Waals surface area contributed by atoms with Gasteiger partial charge in [0, 0.05) is 62.9 Å². The van der Waals surface area contributed by atoms with Crippen molar-refractivity contribution < 1.29 is 9.59 Å². The first-order valence-corrected chi connectivity index (χ1v) is 16.0. The maximum Gasteiger partial charge on any atom is 0.261 e. The molecule has 1 fully saturated rings. The van der Waals surface area contributed by atoms with Crippen molar-refractivity contribution in [1.29, 1.82) is 0 Å². The number of unbranched alkanes of at least 4 members (excludes halogenated alkanes) is 1. The SMILES string of the molecule is O=C1c2ccccc2C(=O)N1CCCCN(Cc1ccccn1)C1C[C@@H](NCc2ccccn2)C[C@@H](NCc2ccccn2)C1. The van der Waals surface area contributed by atoms with Crippen molar-refractivity contribution in [3.05, 3.63) is 126 Å². The summed E-state index contributed by atoms with van der Waals surface area (Å²) >= 11 is 0. The summed E-state index contributed by atoms with van der Waals surface area (Å²) in [4.78, 5) is 43.4. The van der Waals surface area contributed by atoms with Gasteiger partial charge in [-0.05, 0) is 87.2 Å². The molecule has 1 unspecified atom stereocenters. The summed E-state index contributed by atoms with van der Waals surface area (Å²) < 4.78 is 0. The van der Waals surface area contributed by atoms with Gasteiger partial charge in [-0.3, -0.25) is 34.3 Å². The normalized spacial score (nSPS) is 19.7. The highest BCUT2D eigenvalue weighted by molar-refractivity contribution is 6.21. The first-order valence-electron chi connectivity index (χ1n) is 16.0. The second-order valence-electron chi connectivity index (χ2n) is 12.0. The molecule has 3 atom stereocenters. The molecule has 45 heavy (non-hydrogen) atoms. The molecule has 6 rings (SSSR count). The molecule has 0 spiro atoms. The molecule has 0 bridgehead atoms. The number of amides is 2. The van der Waals surface area contributed by atoms with Crippen molar-refractivity contribution in [3.63, 3.8) is 0 Å². The Labute approximate surface area is 265 Å². The number of rotatable bonds is 14. The number of nitrogens with zero attached hydrogens (tertiary/aromatic N) is 5. The summed E-state index contributed by atoms with van der Waals surface area (Å²) in [7, 11) is 0. The lowest BCUT2D eigenvalue weighted by Crippen LogP contribution is -2.51. The molecule has 3 aromatic heterocycles. The van der Waals surface area contributed by atoms with Crippen LogP contribution in [0.4, 0.5) is 0 Å². The molecule has 1 aliphatic heterocycles. The molecule has 0 saturated heterocycles. The number of aromatic nitrogens is 3. The van der Waals surface area contributed by atoms with Gasteiger partial charge in [-0.2, -0.15) is 0 Å². The lowest BCUT2D eigenvalue weighted by atomic mass is 9.85. The zero-order valence-electron chi connectivity index (χ0n) is 25.6. The Balaban J connectivity index is 1.13. The summed E-state index contributed by atoms with van der Waals surface area (Å²) in [5, 5.41) is 7.59. The van der Waals surface area contributed by atoms with Gasteiger partial charge >= 0.3 is 0 Å². The van der Waals surface area contributed by atoms with Crippen LogP contribution in [0.1, 0.15) is 69.9 Å². The van der Waals surface area contributed by atoms with Crippen molar-refractivity contribution in [3.8, 4) is 0 Å². The molecular weight excluding hydrogens is 562 g/mol. The molecule has 232 valence electrons. The van der Waals surface area contributed by atoms with E-state index < -0.39 is 0 Å². The first-order chi connectivity index (χ1) is 22.1.